The van der Waals surface area contributed by atoms with Gasteiger partial charge in [-0.25, -0.2) is 4.79 Å². The van der Waals surface area contributed by atoms with Crippen molar-refractivity contribution in [1.82, 2.24) is 0 Å². The van der Waals surface area contributed by atoms with Crippen molar-refractivity contribution in [2.45, 2.75) is 0 Å². The molecule has 6 heteroatoms. The molecule has 1 aromatic heterocycles. The van der Waals surface area contributed by atoms with Gasteiger partial charge >= 0.3 is 5.97 Å². The molecule has 17 heavy (non-hydrogen) atoms. The lowest BCUT2D eigenvalue weighted by Crippen LogP contribution is -2.15. The van der Waals surface area contributed by atoms with Crippen molar-refractivity contribution in [2.24, 2.45) is 5.16 Å². The standard InChI is InChI=1S/C11H8ClNO3S/c1-16-11(14)10(13-15)9-5-6-4-7(12)2-3-8(6)17-9/h2-5,15H,1H3/b13-10+. The quantitative estimate of drug-likeness (QED) is 0.395. The molecule has 1 N–H and O–H groups in total. The van der Waals surface area contributed by atoms with Gasteiger partial charge in [0.05, 0.1) is 12.0 Å². The third-order valence-electron chi connectivity index (χ3n) is 2.19. The van der Waals surface area contributed by atoms with Crippen LogP contribution >= 0.6 is 22.9 Å². The first-order valence-electron chi connectivity index (χ1n) is 4.65. The van der Waals surface area contributed by atoms with E-state index in [1.165, 1.54) is 18.4 Å². The number of hydrogen-bond acceptors (Lipinski definition) is 5. The van der Waals surface area contributed by atoms with Crippen LogP contribution in [-0.2, 0) is 9.53 Å². The fourth-order valence-electron chi connectivity index (χ4n) is 1.42. The number of esters is 1. The lowest BCUT2D eigenvalue weighted by atomic mass is 10.2. The number of carbonyl (C=O) groups excluding carboxylic acids is 1. The van der Waals surface area contributed by atoms with E-state index in [9.17, 15) is 4.79 Å². The van der Waals surface area contributed by atoms with Crippen LogP contribution in [0.2, 0.25) is 5.02 Å². The Bertz CT molecular complexity index is 606. The Kier molecular flexibility index (Phi) is 3.31. The Morgan fingerprint density at radius 3 is 2.88 bits per heavy atom. The third kappa shape index (κ3) is 2.25. The highest BCUT2D eigenvalue weighted by molar-refractivity contribution is 7.21. The van der Waals surface area contributed by atoms with Gasteiger partial charge in [-0.1, -0.05) is 16.8 Å². The van der Waals surface area contributed by atoms with Crippen LogP contribution in [0, 0.1) is 0 Å². The summed E-state index contributed by atoms with van der Waals surface area (Å²) in [6.45, 7) is 0. The predicted molar refractivity (Wildman–Crippen MR) is 67.2 cm³/mol. The van der Waals surface area contributed by atoms with Gasteiger partial charge in [0.1, 0.15) is 0 Å². The fourth-order valence-corrected chi connectivity index (χ4v) is 2.61. The number of fused-ring (bicyclic) bond motifs is 1. The molecule has 0 fully saturated rings. The topological polar surface area (TPSA) is 58.9 Å². The molecule has 0 bridgehead atoms. The highest BCUT2D eigenvalue weighted by Crippen LogP contribution is 2.28. The molecule has 0 saturated carbocycles. The maximum Gasteiger partial charge on any atom is 0.361 e. The summed E-state index contributed by atoms with van der Waals surface area (Å²) in [4.78, 5) is 11.9. The molecule has 0 saturated heterocycles. The van der Waals surface area contributed by atoms with Gasteiger partial charge < -0.3 is 9.94 Å². The largest absolute Gasteiger partial charge is 0.464 e. The number of benzene rings is 1. The van der Waals surface area contributed by atoms with Crippen LogP contribution in [0.15, 0.2) is 29.4 Å². The van der Waals surface area contributed by atoms with E-state index >= 15 is 0 Å². The maximum atomic E-state index is 11.4. The Morgan fingerprint density at radius 2 is 2.24 bits per heavy atom. The first kappa shape index (κ1) is 11.9. The van der Waals surface area contributed by atoms with Crippen molar-refractivity contribution < 1.29 is 14.7 Å². The smallest absolute Gasteiger partial charge is 0.361 e. The van der Waals surface area contributed by atoms with E-state index in [-0.39, 0.29) is 5.71 Å². The zero-order chi connectivity index (χ0) is 12.4. The minimum absolute atomic E-state index is 0.107. The average molecular weight is 270 g/mol. The molecule has 88 valence electrons. The van der Waals surface area contributed by atoms with Gasteiger partial charge in [0.15, 0.2) is 0 Å². The summed E-state index contributed by atoms with van der Waals surface area (Å²) in [5.74, 6) is -0.676. The second kappa shape index (κ2) is 4.73. The van der Waals surface area contributed by atoms with Crippen molar-refractivity contribution >= 4 is 44.7 Å². The van der Waals surface area contributed by atoms with Crippen molar-refractivity contribution in [2.75, 3.05) is 7.11 Å². The number of methoxy groups -OCH3 is 1. The zero-order valence-electron chi connectivity index (χ0n) is 8.81. The van der Waals surface area contributed by atoms with Crippen molar-refractivity contribution in [3.05, 3.63) is 34.2 Å². The Labute approximate surface area is 106 Å². The Balaban J connectivity index is 2.52. The summed E-state index contributed by atoms with van der Waals surface area (Å²) < 4.78 is 5.48. The minimum Gasteiger partial charge on any atom is -0.464 e. The summed E-state index contributed by atoms with van der Waals surface area (Å²) in [5, 5.41) is 13.3. The summed E-state index contributed by atoms with van der Waals surface area (Å²) in [5.41, 5.74) is -0.107. The predicted octanol–water partition coefficient (Wildman–Crippen LogP) is 2.91. The molecule has 4 nitrogen and oxygen atoms in total. The van der Waals surface area contributed by atoms with Crippen molar-refractivity contribution in [1.29, 1.82) is 0 Å². The normalized spacial score (nSPS) is 11.8. The molecule has 0 aliphatic carbocycles. The van der Waals surface area contributed by atoms with Gasteiger partial charge in [0.2, 0.25) is 5.71 Å². The molecule has 0 aliphatic heterocycles. The Hall–Kier alpha value is -1.59. The molecular weight excluding hydrogens is 262 g/mol. The first-order valence-corrected chi connectivity index (χ1v) is 5.85. The van der Waals surface area contributed by atoms with E-state index in [4.69, 9.17) is 16.8 Å². The van der Waals surface area contributed by atoms with Crippen molar-refractivity contribution in [3.63, 3.8) is 0 Å². The van der Waals surface area contributed by atoms with Gasteiger partial charge in [-0.05, 0) is 29.7 Å². The third-order valence-corrected chi connectivity index (χ3v) is 3.55. The maximum absolute atomic E-state index is 11.4. The zero-order valence-corrected chi connectivity index (χ0v) is 10.4. The SMILES string of the molecule is COC(=O)/C(=N/O)c1cc2cc(Cl)ccc2s1. The number of oxime groups is 1. The van der Waals surface area contributed by atoms with Crippen LogP contribution < -0.4 is 0 Å². The van der Waals surface area contributed by atoms with E-state index < -0.39 is 5.97 Å². The van der Waals surface area contributed by atoms with Crippen molar-refractivity contribution in [3.8, 4) is 0 Å². The molecule has 0 radical (unpaired) electrons. The molecule has 0 unspecified atom stereocenters. The summed E-state index contributed by atoms with van der Waals surface area (Å²) in [7, 11) is 1.23. The van der Waals surface area contributed by atoms with Crippen LogP contribution in [0.3, 0.4) is 0 Å². The molecule has 1 heterocycles. The first-order chi connectivity index (χ1) is 8.15. The fraction of sp³-hybridized carbons (Fsp3) is 0.0909. The molecule has 2 aromatic rings. The number of halogens is 1. The van der Waals surface area contributed by atoms with Crippen LogP contribution in [0.1, 0.15) is 4.88 Å². The monoisotopic (exact) mass is 269 g/mol. The Morgan fingerprint density at radius 1 is 1.47 bits per heavy atom. The van der Waals surface area contributed by atoms with Crippen LogP contribution in [0.4, 0.5) is 0 Å². The van der Waals surface area contributed by atoms with Crippen LogP contribution in [-0.4, -0.2) is 24.0 Å². The second-order valence-corrected chi connectivity index (χ2v) is 4.75. The summed E-state index contributed by atoms with van der Waals surface area (Å²) >= 11 is 7.20. The number of ether oxygens (including phenoxy) is 1. The van der Waals surface area contributed by atoms with E-state index in [0.717, 1.165) is 10.1 Å². The average Bonchev–Trinajstić information content (AvgIpc) is 2.72. The summed E-state index contributed by atoms with van der Waals surface area (Å²) in [6.07, 6.45) is 0. The number of carbonyl (C=O) groups is 1. The van der Waals surface area contributed by atoms with Crippen LogP contribution in [0.25, 0.3) is 10.1 Å². The highest BCUT2D eigenvalue weighted by atomic mass is 35.5. The van der Waals surface area contributed by atoms with Gasteiger partial charge in [-0.3, -0.25) is 0 Å². The minimum atomic E-state index is -0.676. The molecule has 1 aromatic carbocycles. The lowest BCUT2D eigenvalue weighted by molar-refractivity contribution is -0.132. The van der Waals surface area contributed by atoms with E-state index in [0.29, 0.717) is 9.90 Å². The lowest BCUT2D eigenvalue weighted by Gasteiger charge is -1.97. The number of hydrogen-bond donors (Lipinski definition) is 1. The van der Waals surface area contributed by atoms with Gasteiger partial charge in [0, 0.05) is 9.72 Å². The summed E-state index contributed by atoms with van der Waals surface area (Å²) in [6, 6.07) is 7.12. The van der Waals surface area contributed by atoms with E-state index in [1.54, 1.807) is 18.2 Å². The van der Waals surface area contributed by atoms with Crippen LogP contribution in [0.5, 0.6) is 0 Å². The molecule has 0 spiro atoms. The van der Waals surface area contributed by atoms with Gasteiger partial charge in [-0.2, -0.15) is 0 Å². The molecule has 0 atom stereocenters. The molecular formula is C11H8ClNO3S. The number of nitrogens with zero attached hydrogens (tertiary/aromatic N) is 1. The number of thiophene rings is 1. The molecule has 0 amide bonds. The number of rotatable bonds is 2. The highest BCUT2D eigenvalue weighted by Gasteiger charge is 2.18. The van der Waals surface area contributed by atoms with E-state index in [2.05, 4.69) is 9.89 Å². The van der Waals surface area contributed by atoms with Gasteiger partial charge in [-0.15, -0.1) is 11.3 Å². The van der Waals surface area contributed by atoms with Gasteiger partial charge in [0.25, 0.3) is 0 Å². The second-order valence-electron chi connectivity index (χ2n) is 3.23. The molecule has 0 aliphatic rings. The molecule has 2 rings (SSSR count). The van der Waals surface area contributed by atoms with E-state index in [1.807, 2.05) is 6.07 Å².